The van der Waals surface area contributed by atoms with E-state index in [2.05, 4.69) is 27.7 Å². The Kier molecular flexibility index (Phi) is 6.55. The lowest BCUT2D eigenvalue weighted by Crippen LogP contribution is -2.66. The lowest BCUT2D eigenvalue weighted by molar-refractivity contribution is -0.333. The zero-order valence-corrected chi connectivity index (χ0v) is 20.4. The largest absolute Gasteiger partial charge is 0.394 e. The molecule has 2 aliphatic heterocycles. The molecule has 2 heterocycles. The van der Waals surface area contributed by atoms with Crippen LogP contribution in [-0.2, 0) is 14.2 Å². The second kappa shape index (κ2) is 8.43. The van der Waals surface area contributed by atoms with Crippen LogP contribution in [0.15, 0.2) is 0 Å². The molecule has 7 heteroatoms. The first-order valence-electron chi connectivity index (χ1n) is 12.5. The van der Waals surface area contributed by atoms with E-state index in [-0.39, 0.29) is 24.2 Å². The van der Waals surface area contributed by atoms with Gasteiger partial charge in [-0.05, 0) is 75.0 Å². The molecule has 4 aliphatic rings. The molecule has 10 atom stereocenters. The normalized spacial score (nSPS) is 52.0. The summed E-state index contributed by atoms with van der Waals surface area (Å²) >= 11 is 0. The summed E-state index contributed by atoms with van der Waals surface area (Å²) in [7, 11) is 0. The lowest BCUT2D eigenvalue weighted by atomic mass is 9.44. The van der Waals surface area contributed by atoms with Crippen molar-refractivity contribution >= 4 is 0 Å². The van der Waals surface area contributed by atoms with Gasteiger partial charge in [-0.1, -0.05) is 27.2 Å². The van der Waals surface area contributed by atoms with Gasteiger partial charge >= 0.3 is 0 Å². The Hall–Kier alpha value is -0.280. The monoisotopic (exact) mass is 456 g/mol. The number of ether oxygens (including phenoxy) is 3. The van der Waals surface area contributed by atoms with E-state index < -0.39 is 36.3 Å². The van der Waals surface area contributed by atoms with Gasteiger partial charge in [-0.25, -0.2) is 0 Å². The molecule has 7 nitrogen and oxygen atoms in total. The molecule has 4 N–H and O–H groups in total. The van der Waals surface area contributed by atoms with Crippen LogP contribution in [0.3, 0.4) is 0 Å². The molecular formula is C25H44O7. The Morgan fingerprint density at radius 2 is 1.59 bits per heavy atom. The topological polar surface area (TPSA) is 109 Å². The predicted octanol–water partition coefficient (Wildman–Crippen LogP) is 2.37. The van der Waals surface area contributed by atoms with Crippen LogP contribution in [0.4, 0.5) is 0 Å². The molecule has 10 unspecified atom stereocenters. The van der Waals surface area contributed by atoms with Gasteiger partial charge in [-0.3, -0.25) is 0 Å². The molecule has 32 heavy (non-hydrogen) atoms. The Morgan fingerprint density at radius 3 is 2.28 bits per heavy atom. The van der Waals surface area contributed by atoms with Gasteiger partial charge in [0, 0.05) is 0 Å². The summed E-state index contributed by atoms with van der Waals surface area (Å²) in [6.45, 7) is 11.1. The molecule has 0 spiro atoms. The van der Waals surface area contributed by atoms with E-state index in [1.807, 2.05) is 6.92 Å². The molecule has 186 valence electrons. The quantitative estimate of drug-likeness (QED) is 0.514. The molecule has 0 bridgehead atoms. The third kappa shape index (κ3) is 3.96. The summed E-state index contributed by atoms with van der Waals surface area (Å²) in [5, 5.41) is 40.2. The highest BCUT2D eigenvalue weighted by atomic mass is 16.7. The Balaban J connectivity index is 1.52. The number of aliphatic hydroxyl groups excluding tert-OH is 4. The molecule has 2 aliphatic carbocycles. The molecule has 0 aromatic rings. The highest BCUT2D eigenvalue weighted by molar-refractivity contribution is 5.11. The van der Waals surface area contributed by atoms with Crippen LogP contribution in [-0.4, -0.2) is 75.5 Å². The summed E-state index contributed by atoms with van der Waals surface area (Å²) in [5.41, 5.74) is -0.443. The fraction of sp³-hybridized carbons (Fsp3) is 1.00. The van der Waals surface area contributed by atoms with Crippen molar-refractivity contribution in [3.63, 3.8) is 0 Å². The number of rotatable bonds is 4. The van der Waals surface area contributed by atoms with Crippen molar-refractivity contribution in [1.82, 2.24) is 0 Å². The van der Waals surface area contributed by atoms with Crippen molar-refractivity contribution in [1.29, 1.82) is 0 Å². The summed E-state index contributed by atoms with van der Waals surface area (Å²) in [6.07, 6.45) is 1.95. The standard InChI is InChI=1S/C25H44O7/c1-22(2)9-6-10-23(3)16(22)7-11-24(4)17(23)8-12-25(5,32-24)18(13-26)31-21-20(29)19(28)15(27)14-30-21/h15-21,26-29H,6-14H2,1-5H3. The Morgan fingerprint density at radius 1 is 0.906 bits per heavy atom. The maximum absolute atomic E-state index is 10.3. The van der Waals surface area contributed by atoms with Crippen molar-refractivity contribution in [3.05, 3.63) is 0 Å². The minimum atomic E-state index is -1.39. The van der Waals surface area contributed by atoms with Gasteiger partial charge in [0.2, 0.25) is 0 Å². The van der Waals surface area contributed by atoms with Crippen LogP contribution >= 0.6 is 0 Å². The number of hydrogen-bond acceptors (Lipinski definition) is 7. The van der Waals surface area contributed by atoms with Gasteiger partial charge in [0.25, 0.3) is 0 Å². The second-order valence-electron chi connectivity index (χ2n) is 12.3. The van der Waals surface area contributed by atoms with Gasteiger partial charge in [-0.2, -0.15) is 0 Å². The molecule has 0 radical (unpaired) electrons. The van der Waals surface area contributed by atoms with E-state index >= 15 is 0 Å². The van der Waals surface area contributed by atoms with Crippen LogP contribution in [0, 0.1) is 22.7 Å². The SMILES string of the molecule is CC1(C)CCCC2(C)C1CCC1(C)OC(C)(C(CO)OC3OCC(O)C(O)C3O)CCC12. The van der Waals surface area contributed by atoms with Crippen LogP contribution in [0.2, 0.25) is 0 Å². The van der Waals surface area contributed by atoms with Gasteiger partial charge < -0.3 is 34.6 Å². The first-order valence-corrected chi connectivity index (χ1v) is 12.5. The molecular weight excluding hydrogens is 412 g/mol. The van der Waals surface area contributed by atoms with E-state index in [4.69, 9.17) is 14.2 Å². The third-order valence-corrected chi connectivity index (χ3v) is 9.73. The molecule has 2 saturated carbocycles. The van der Waals surface area contributed by atoms with Crippen molar-refractivity contribution in [3.8, 4) is 0 Å². The first kappa shape index (κ1) is 24.8. The summed E-state index contributed by atoms with van der Waals surface area (Å²) in [6, 6.07) is 0. The lowest BCUT2D eigenvalue weighted by Gasteiger charge is -2.65. The second-order valence-corrected chi connectivity index (χ2v) is 12.3. The minimum Gasteiger partial charge on any atom is -0.394 e. The number of hydrogen-bond donors (Lipinski definition) is 4. The van der Waals surface area contributed by atoms with Crippen molar-refractivity contribution in [2.24, 2.45) is 22.7 Å². The predicted molar refractivity (Wildman–Crippen MR) is 119 cm³/mol. The Bertz CT molecular complexity index is 685. The fourth-order valence-electron chi connectivity index (χ4n) is 8.05. The molecule has 0 amide bonds. The maximum Gasteiger partial charge on any atom is 0.186 e. The van der Waals surface area contributed by atoms with Gasteiger partial charge in [-0.15, -0.1) is 0 Å². The number of aliphatic hydroxyl groups is 4. The molecule has 2 saturated heterocycles. The van der Waals surface area contributed by atoms with Crippen molar-refractivity contribution in [2.75, 3.05) is 13.2 Å². The van der Waals surface area contributed by atoms with E-state index in [1.54, 1.807) is 0 Å². The molecule has 0 aromatic carbocycles. The van der Waals surface area contributed by atoms with Crippen LogP contribution < -0.4 is 0 Å². The van der Waals surface area contributed by atoms with E-state index in [1.165, 1.54) is 19.3 Å². The fourth-order valence-corrected chi connectivity index (χ4v) is 8.05. The molecule has 4 fully saturated rings. The average Bonchev–Trinajstić information content (AvgIpc) is 2.70. The Labute approximate surface area is 192 Å². The average molecular weight is 457 g/mol. The number of fused-ring (bicyclic) bond motifs is 3. The van der Waals surface area contributed by atoms with Crippen molar-refractivity contribution < 1.29 is 34.6 Å². The molecule has 4 rings (SSSR count). The van der Waals surface area contributed by atoms with Crippen LogP contribution in [0.5, 0.6) is 0 Å². The van der Waals surface area contributed by atoms with E-state index in [0.29, 0.717) is 17.3 Å². The van der Waals surface area contributed by atoms with Gasteiger partial charge in [0.05, 0.1) is 24.4 Å². The van der Waals surface area contributed by atoms with Crippen LogP contribution in [0.1, 0.15) is 79.6 Å². The van der Waals surface area contributed by atoms with E-state index in [9.17, 15) is 20.4 Å². The minimum absolute atomic E-state index is 0.131. The van der Waals surface area contributed by atoms with Gasteiger partial charge in [0.1, 0.15) is 24.4 Å². The van der Waals surface area contributed by atoms with Crippen LogP contribution in [0.25, 0.3) is 0 Å². The zero-order chi connectivity index (χ0) is 23.5. The maximum atomic E-state index is 10.3. The highest BCUT2D eigenvalue weighted by Crippen LogP contribution is 2.65. The molecule has 0 aromatic heterocycles. The van der Waals surface area contributed by atoms with E-state index in [0.717, 1.165) is 25.7 Å². The van der Waals surface area contributed by atoms with Gasteiger partial charge in [0.15, 0.2) is 6.29 Å². The summed E-state index contributed by atoms with van der Waals surface area (Å²) in [5.74, 6) is 1.15. The summed E-state index contributed by atoms with van der Waals surface area (Å²) in [4.78, 5) is 0. The van der Waals surface area contributed by atoms with Crippen molar-refractivity contribution in [2.45, 2.75) is 121 Å². The summed E-state index contributed by atoms with van der Waals surface area (Å²) < 4.78 is 18.3. The zero-order valence-electron chi connectivity index (χ0n) is 20.4. The smallest absolute Gasteiger partial charge is 0.186 e. The first-order chi connectivity index (χ1) is 14.9. The highest BCUT2D eigenvalue weighted by Gasteiger charge is 2.62. The third-order valence-electron chi connectivity index (χ3n) is 9.73.